The summed E-state index contributed by atoms with van der Waals surface area (Å²) in [5.41, 5.74) is 0.0332. The number of nitrogens with zero attached hydrogens (tertiary/aromatic N) is 1. The van der Waals surface area contributed by atoms with Crippen molar-refractivity contribution >= 4 is 26.3 Å². The number of nitro benzene ring substituents is 1. The van der Waals surface area contributed by atoms with Crippen molar-refractivity contribution < 1.29 is 30.1 Å². The van der Waals surface area contributed by atoms with E-state index in [1.165, 1.54) is 36.4 Å². The highest BCUT2D eigenvalue weighted by Gasteiger charge is 2.19. The molecule has 0 aliphatic carbocycles. The first-order valence-electron chi connectivity index (χ1n) is 6.28. The SMILES string of the molecule is NS(=O)(=O)Oc1ccc(-c2ccc(OS(N)(=O)=O)cc2[N+](=O)[O-])cc1. The fourth-order valence-electron chi connectivity index (χ4n) is 1.92. The maximum absolute atomic E-state index is 11.2. The maximum Gasteiger partial charge on any atom is 0.380 e. The Morgan fingerprint density at radius 1 is 0.840 bits per heavy atom. The van der Waals surface area contributed by atoms with Crippen molar-refractivity contribution in [1.82, 2.24) is 0 Å². The molecule has 25 heavy (non-hydrogen) atoms. The molecule has 2 rings (SSSR count). The van der Waals surface area contributed by atoms with Crippen LogP contribution in [0, 0.1) is 10.1 Å². The highest BCUT2D eigenvalue weighted by atomic mass is 32.2. The molecule has 0 unspecified atom stereocenters. The quantitative estimate of drug-likeness (QED) is 0.526. The summed E-state index contributed by atoms with van der Waals surface area (Å²) in [6, 6.07) is 8.56. The van der Waals surface area contributed by atoms with Gasteiger partial charge in [0.15, 0.2) is 5.75 Å². The number of hydrogen-bond acceptors (Lipinski definition) is 8. The van der Waals surface area contributed by atoms with Crippen LogP contribution in [0.4, 0.5) is 5.69 Å². The number of nitro groups is 1. The largest absolute Gasteiger partial charge is 0.380 e. The van der Waals surface area contributed by atoms with Gasteiger partial charge in [-0.25, -0.2) is 0 Å². The van der Waals surface area contributed by atoms with Crippen molar-refractivity contribution in [2.75, 3.05) is 0 Å². The third kappa shape index (κ3) is 5.39. The fourth-order valence-corrected chi connectivity index (χ4v) is 2.67. The molecule has 2 aromatic carbocycles. The van der Waals surface area contributed by atoms with E-state index in [4.69, 9.17) is 10.3 Å². The van der Waals surface area contributed by atoms with Crippen LogP contribution in [0.2, 0.25) is 0 Å². The molecule has 0 saturated carbocycles. The van der Waals surface area contributed by atoms with Crippen LogP contribution in [-0.4, -0.2) is 21.8 Å². The number of nitrogens with two attached hydrogens (primary N) is 2. The Labute approximate surface area is 142 Å². The smallest absolute Gasteiger partial charge is 0.371 e. The van der Waals surface area contributed by atoms with Crippen LogP contribution in [0.15, 0.2) is 42.5 Å². The summed E-state index contributed by atoms with van der Waals surface area (Å²) in [5, 5.41) is 20.7. The van der Waals surface area contributed by atoms with Crippen LogP contribution in [0.5, 0.6) is 11.5 Å². The van der Waals surface area contributed by atoms with Gasteiger partial charge < -0.3 is 8.37 Å². The third-order valence-corrected chi connectivity index (χ3v) is 3.61. The minimum atomic E-state index is -4.33. The molecule has 0 spiro atoms. The third-order valence-electron chi connectivity index (χ3n) is 2.76. The average Bonchev–Trinajstić information content (AvgIpc) is 2.45. The summed E-state index contributed by atoms with van der Waals surface area (Å²) in [6.07, 6.45) is 0. The van der Waals surface area contributed by atoms with Gasteiger partial charge >= 0.3 is 20.6 Å². The molecular weight excluding hydrogens is 378 g/mol. The molecule has 0 amide bonds. The van der Waals surface area contributed by atoms with Gasteiger partial charge in [0.2, 0.25) is 0 Å². The summed E-state index contributed by atoms with van der Waals surface area (Å²) in [6.45, 7) is 0. The molecule has 0 bridgehead atoms. The topological polar surface area (TPSA) is 182 Å². The normalized spacial score (nSPS) is 11.8. The second kappa shape index (κ2) is 6.64. The van der Waals surface area contributed by atoms with Gasteiger partial charge in [-0.05, 0) is 29.8 Å². The standard InChI is InChI=1S/C12H11N3O8S2/c13-24(18,19)22-9-3-1-8(2-4-9)11-6-5-10(23-25(14,20)21)7-12(11)15(16)17/h1-7H,(H2,13,18,19)(H2,14,20,21). The van der Waals surface area contributed by atoms with Crippen molar-refractivity contribution in [3.8, 4) is 22.6 Å². The summed E-state index contributed by atoms with van der Waals surface area (Å²) < 4.78 is 52.4. The highest BCUT2D eigenvalue weighted by molar-refractivity contribution is 7.85. The Kier molecular flexibility index (Phi) is 4.94. The lowest BCUT2D eigenvalue weighted by Gasteiger charge is -2.07. The number of rotatable bonds is 6. The Morgan fingerprint density at radius 3 is 1.80 bits per heavy atom. The summed E-state index contributed by atoms with van der Waals surface area (Å²) in [7, 11) is -8.52. The summed E-state index contributed by atoms with van der Waals surface area (Å²) in [5.74, 6) is -0.407. The molecule has 0 aromatic heterocycles. The fraction of sp³-hybridized carbons (Fsp3) is 0. The molecular formula is C12H11N3O8S2. The molecule has 0 fully saturated rings. The molecule has 0 heterocycles. The van der Waals surface area contributed by atoms with Gasteiger partial charge in [-0.15, -0.1) is 0 Å². The van der Waals surface area contributed by atoms with Crippen molar-refractivity contribution in [3.05, 3.63) is 52.6 Å². The van der Waals surface area contributed by atoms with E-state index in [2.05, 4.69) is 8.37 Å². The van der Waals surface area contributed by atoms with E-state index < -0.39 is 31.2 Å². The lowest BCUT2D eigenvalue weighted by Crippen LogP contribution is -2.19. The predicted molar refractivity (Wildman–Crippen MR) is 86.0 cm³/mol. The minimum absolute atomic E-state index is 0.0805. The van der Waals surface area contributed by atoms with Gasteiger partial charge in [-0.3, -0.25) is 10.1 Å². The van der Waals surface area contributed by atoms with E-state index in [0.29, 0.717) is 5.56 Å². The van der Waals surface area contributed by atoms with Crippen molar-refractivity contribution in [3.63, 3.8) is 0 Å². The predicted octanol–water partition coefficient (Wildman–Crippen LogP) is 0.426. The highest BCUT2D eigenvalue weighted by Crippen LogP contribution is 2.34. The van der Waals surface area contributed by atoms with Gasteiger partial charge in [0.05, 0.1) is 16.6 Å². The van der Waals surface area contributed by atoms with E-state index in [1.807, 2.05) is 0 Å². The van der Waals surface area contributed by atoms with Crippen LogP contribution in [0.1, 0.15) is 0 Å². The lowest BCUT2D eigenvalue weighted by atomic mass is 10.0. The Balaban J connectivity index is 2.43. The molecule has 0 aliphatic heterocycles. The molecule has 134 valence electrons. The Morgan fingerprint density at radius 2 is 1.32 bits per heavy atom. The van der Waals surface area contributed by atoms with Crippen molar-refractivity contribution in [2.24, 2.45) is 10.3 Å². The van der Waals surface area contributed by atoms with Crippen LogP contribution < -0.4 is 18.6 Å². The average molecular weight is 389 g/mol. The molecule has 0 saturated heterocycles. The van der Waals surface area contributed by atoms with Gasteiger partial charge in [0, 0.05) is 0 Å². The van der Waals surface area contributed by atoms with Gasteiger partial charge in [-0.2, -0.15) is 27.1 Å². The van der Waals surface area contributed by atoms with Crippen LogP contribution in [-0.2, 0) is 20.6 Å². The number of hydrogen-bond donors (Lipinski definition) is 2. The molecule has 11 nitrogen and oxygen atoms in total. The zero-order chi connectivity index (χ0) is 18.8. The monoisotopic (exact) mass is 389 g/mol. The van der Waals surface area contributed by atoms with Gasteiger partial charge in [0.1, 0.15) is 5.75 Å². The molecule has 4 N–H and O–H groups in total. The lowest BCUT2D eigenvalue weighted by molar-refractivity contribution is -0.384. The van der Waals surface area contributed by atoms with Gasteiger partial charge in [0.25, 0.3) is 5.69 Å². The zero-order valence-corrected chi connectivity index (χ0v) is 13.9. The van der Waals surface area contributed by atoms with Crippen LogP contribution in [0.25, 0.3) is 11.1 Å². The second-order valence-electron chi connectivity index (χ2n) is 4.61. The molecule has 0 atom stereocenters. The van der Waals surface area contributed by atoms with E-state index in [0.717, 1.165) is 6.07 Å². The zero-order valence-electron chi connectivity index (χ0n) is 12.2. The van der Waals surface area contributed by atoms with E-state index in [9.17, 15) is 26.9 Å². The first-order chi connectivity index (χ1) is 11.4. The summed E-state index contributed by atoms with van der Waals surface area (Å²) in [4.78, 5) is 10.5. The van der Waals surface area contributed by atoms with Crippen LogP contribution in [0.3, 0.4) is 0 Å². The first kappa shape index (κ1) is 18.6. The first-order valence-corrected chi connectivity index (χ1v) is 9.22. The summed E-state index contributed by atoms with van der Waals surface area (Å²) >= 11 is 0. The minimum Gasteiger partial charge on any atom is -0.371 e. The van der Waals surface area contributed by atoms with Gasteiger partial charge in [-0.1, -0.05) is 12.1 Å². The maximum atomic E-state index is 11.2. The van der Waals surface area contributed by atoms with E-state index >= 15 is 0 Å². The van der Waals surface area contributed by atoms with Crippen LogP contribution >= 0.6 is 0 Å². The molecule has 13 heteroatoms. The molecule has 0 aliphatic rings. The number of benzene rings is 2. The van der Waals surface area contributed by atoms with E-state index in [1.54, 1.807) is 0 Å². The second-order valence-corrected chi connectivity index (χ2v) is 6.92. The Hall–Kier alpha value is -2.74. The van der Waals surface area contributed by atoms with Crippen molar-refractivity contribution in [2.45, 2.75) is 0 Å². The van der Waals surface area contributed by atoms with E-state index in [-0.39, 0.29) is 17.1 Å². The molecule has 2 aromatic rings. The molecule has 0 radical (unpaired) electrons. The van der Waals surface area contributed by atoms with Crippen molar-refractivity contribution in [1.29, 1.82) is 0 Å². The Bertz CT molecular complexity index is 1020.